The summed E-state index contributed by atoms with van der Waals surface area (Å²) in [4.78, 5) is 36.7. The molecule has 1 saturated heterocycles. The van der Waals surface area contributed by atoms with E-state index in [1.165, 1.54) is 29.5 Å². The van der Waals surface area contributed by atoms with E-state index in [0.29, 0.717) is 32.0 Å². The van der Waals surface area contributed by atoms with E-state index in [1.54, 1.807) is 6.92 Å². The van der Waals surface area contributed by atoms with E-state index in [9.17, 15) is 9.59 Å². The second-order valence-corrected chi connectivity index (χ2v) is 12.3. The lowest BCUT2D eigenvalue weighted by Gasteiger charge is -2.34. The minimum atomic E-state index is -0.923. The lowest BCUT2D eigenvalue weighted by atomic mass is 10.0. The summed E-state index contributed by atoms with van der Waals surface area (Å²) in [5, 5.41) is 12.4. The van der Waals surface area contributed by atoms with Crippen molar-refractivity contribution in [3.8, 4) is 0 Å². The molecule has 45 heavy (non-hydrogen) atoms. The largest absolute Gasteiger partial charge is 0.481 e. The Hall–Kier alpha value is -3.54. The van der Waals surface area contributed by atoms with Crippen LogP contribution in [0.1, 0.15) is 69.1 Å². The van der Waals surface area contributed by atoms with Crippen LogP contribution in [0.25, 0.3) is 11.0 Å². The number of nitrogens with two attached hydrogens (primary N) is 1. The van der Waals surface area contributed by atoms with Crippen molar-refractivity contribution in [2.24, 2.45) is 5.92 Å². The normalized spacial score (nSPS) is 15.0. The number of hydrogen-bond acceptors (Lipinski definition) is 9. The number of aromatic nitrogens is 3. The fraction of sp³-hybridized carbons (Fsp3) is 0.588. The lowest BCUT2D eigenvalue weighted by molar-refractivity contribution is -0.143. The molecule has 0 saturated carbocycles. The van der Waals surface area contributed by atoms with Gasteiger partial charge in [0, 0.05) is 78.0 Å². The second-order valence-electron chi connectivity index (χ2n) is 12.3. The third-order valence-electron chi connectivity index (χ3n) is 8.57. The van der Waals surface area contributed by atoms with Gasteiger partial charge in [-0.25, -0.2) is 4.98 Å². The maximum absolute atomic E-state index is 11.9. The van der Waals surface area contributed by atoms with Gasteiger partial charge in [0.1, 0.15) is 11.3 Å². The van der Waals surface area contributed by atoms with Crippen LogP contribution in [0.2, 0.25) is 0 Å². The number of aliphatic carboxylic acids is 1. The summed E-state index contributed by atoms with van der Waals surface area (Å²) in [7, 11) is 0. The number of unbranched alkanes of at least 4 members (excludes halogenated alkanes) is 2. The van der Waals surface area contributed by atoms with Crippen LogP contribution in [-0.2, 0) is 27.4 Å². The maximum atomic E-state index is 11.9. The number of nitrogens with one attached hydrogen (secondary N) is 1. The molecular formula is C34H51N7O4. The molecule has 2 aromatic heterocycles. The number of nitrogen functional groups attached to an aromatic ring is 1. The van der Waals surface area contributed by atoms with Crippen LogP contribution in [0.4, 0.5) is 11.8 Å². The molecule has 1 atom stereocenters. The van der Waals surface area contributed by atoms with E-state index in [4.69, 9.17) is 15.6 Å². The first kappa shape index (κ1) is 34.3. The van der Waals surface area contributed by atoms with Gasteiger partial charge in [0.25, 0.3) is 0 Å². The summed E-state index contributed by atoms with van der Waals surface area (Å²) in [6.45, 7) is 14.6. The van der Waals surface area contributed by atoms with E-state index in [1.807, 2.05) is 6.07 Å². The molecule has 246 valence electrons. The minimum absolute atomic E-state index is 0.00954. The molecule has 3 aromatic rings. The number of piperazine rings is 1. The highest BCUT2D eigenvalue weighted by molar-refractivity contribution is 5.87. The molecule has 0 spiro atoms. The molecule has 0 amide bonds. The standard InChI is InChI=1S/C34H51N7O4/c1-4-5-6-12-36-32-31-30(37-34(35)38-32)11-13-41(31)24-28-10-9-27(21-25(28)2)23-40-16-14-39(15-17-40)18-20-45-19-7-8-29(42)22-26(3)33(43)44/h9-11,13,21,26H,4-8,12,14-20,22-24H2,1-3H3,(H,43,44)(H3,35,36,37,38). The van der Waals surface area contributed by atoms with Crippen LogP contribution in [0, 0.1) is 12.8 Å². The van der Waals surface area contributed by atoms with E-state index >= 15 is 0 Å². The van der Waals surface area contributed by atoms with Crippen LogP contribution in [-0.4, -0.2) is 93.7 Å². The maximum Gasteiger partial charge on any atom is 0.306 e. The molecule has 1 fully saturated rings. The number of carboxylic acids is 1. The molecule has 1 unspecified atom stereocenters. The van der Waals surface area contributed by atoms with Gasteiger partial charge in [-0.2, -0.15) is 4.98 Å². The second kappa shape index (κ2) is 17.2. The van der Waals surface area contributed by atoms with Crippen molar-refractivity contribution in [1.82, 2.24) is 24.3 Å². The van der Waals surface area contributed by atoms with Gasteiger partial charge in [0.05, 0.1) is 18.0 Å². The number of benzene rings is 1. The number of fused-ring (bicyclic) bond motifs is 1. The zero-order valence-electron chi connectivity index (χ0n) is 27.3. The van der Waals surface area contributed by atoms with Crippen molar-refractivity contribution in [2.75, 3.05) is 63.5 Å². The topological polar surface area (TPSA) is 139 Å². The van der Waals surface area contributed by atoms with Gasteiger partial charge in [0.15, 0.2) is 5.82 Å². The summed E-state index contributed by atoms with van der Waals surface area (Å²) in [6, 6.07) is 8.82. The summed E-state index contributed by atoms with van der Waals surface area (Å²) < 4.78 is 7.96. The van der Waals surface area contributed by atoms with Crippen molar-refractivity contribution < 1.29 is 19.4 Å². The predicted octanol–water partition coefficient (Wildman–Crippen LogP) is 4.57. The van der Waals surface area contributed by atoms with Crippen LogP contribution in [0.15, 0.2) is 30.5 Å². The summed E-state index contributed by atoms with van der Waals surface area (Å²) in [5.74, 6) is -0.461. The zero-order valence-corrected chi connectivity index (χ0v) is 27.3. The number of nitrogens with zero attached hydrogens (tertiary/aromatic N) is 5. The van der Waals surface area contributed by atoms with Crippen molar-refractivity contribution in [3.05, 3.63) is 47.2 Å². The van der Waals surface area contributed by atoms with Crippen molar-refractivity contribution in [2.45, 2.75) is 72.4 Å². The number of ether oxygens (including phenoxy) is 1. The quantitative estimate of drug-likeness (QED) is 0.163. The van der Waals surface area contributed by atoms with Crippen LogP contribution < -0.4 is 11.1 Å². The Kier molecular flexibility index (Phi) is 13.2. The zero-order chi connectivity index (χ0) is 32.2. The first-order valence-electron chi connectivity index (χ1n) is 16.4. The van der Waals surface area contributed by atoms with Crippen LogP contribution in [0.5, 0.6) is 0 Å². The molecule has 4 rings (SSSR count). The summed E-state index contributed by atoms with van der Waals surface area (Å²) in [5.41, 5.74) is 11.7. The van der Waals surface area contributed by atoms with Gasteiger partial charge < -0.3 is 25.5 Å². The average molecular weight is 622 g/mol. The highest BCUT2D eigenvalue weighted by Gasteiger charge is 2.18. The monoisotopic (exact) mass is 621 g/mol. The molecule has 0 radical (unpaired) electrons. The van der Waals surface area contributed by atoms with Crippen LogP contribution >= 0.6 is 0 Å². The third kappa shape index (κ3) is 10.5. The molecule has 11 heteroatoms. The number of carbonyl (C=O) groups excluding carboxylic acids is 1. The smallest absolute Gasteiger partial charge is 0.306 e. The van der Waals surface area contributed by atoms with Gasteiger partial charge in [-0.3, -0.25) is 19.4 Å². The Bertz CT molecular complexity index is 1400. The van der Waals surface area contributed by atoms with Crippen LogP contribution in [0.3, 0.4) is 0 Å². The lowest BCUT2D eigenvalue weighted by Crippen LogP contribution is -2.46. The minimum Gasteiger partial charge on any atom is -0.481 e. The molecule has 11 nitrogen and oxygen atoms in total. The summed E-state index contributed by atoms with van der Waals surface area (Å²) in [6.07, 6.45) is 6.63. The number of carbonyl (C=O) groups is 2. The SMILES string of the molecule is CCCCCNc1nc(N)nc2ccn(Cc3ccc(CN4CCN(CCOCCCC(=O)CC(C)C(=O)O)CC4)cc3C)c12. The first-order chi connectivity index (χ1) is 21.7. The third-order valence-corrected chi connectivity index (χ3v) is 8.57. The molecule has 1 aliphatic rings. The van der Waals surface area contributed by atoms with E-state index in [2.05, 4.69) is 67.9 Å². The average Bonchev–Trinajstić information content (AvgIpc) is 3.41. The number of rotatable bonds is 19. The first-order valence-corrected chi connectivity index (χ1v) is 16.4. The number of anilines is 2. The molecule has 0 bridgehead atoms. The van der Waals surface area contributed by atoms with Crippen molar-refractivity contribution >= 4 is 34.6 Å². The molecule has 3 heterocycles. The highest BCUT2D eigenvalue weighted by atomic mass is 16.5. The number of carboxylic acid groups (broad SMARTS) is 1. The van der Waals surface area contributed by atoms with E-state index < -0.39 is 11.9 Å². The van der Waals surface area contributed by atoms with E-state index in [0.717, 1.165) is 75.6 Å². The number of ketones is 1. The fourth-order valence-electron chi connectivity index (χ4n) is 5.81. The molecule has 1 aliphatic heterocycles. The van der Waals surface area contributed by atoms with Gasteiger partial charge in [-0.05, 0) is 42.5 Å². The number of hydrogen-bond donors (Lipinski definition) is 3. The predicted molar refractivity (Wildman–Crippen MR) is 178 cm³/mol. The molecule has 4 N–H and O–H groups in total. The van der Waals surface area contributed by atoms with Gasteiger partial charge in [-0.15, -0.1) is 0 Å². The van der Waals surface area contributed by atoms with Gasteiger partial charge >= 0.3 is 5.97 Å². The Morgan fingerprint density at radius 3 is 2.56 bits per heavy atom. The molecule has 0 aliphatic carbocycles. The van der Waals surface area contributed by atoms with Gasteiger partial charge in [0.2, 0.25) is 5.95 Å². The number of Topliss-reactive ketones (excluding diaryl/α,β-unsaturated/α-hetero) is 1. The Balaban J connectivity index is 1.19. The summed E-state index contributed by atoms with van der Waals surface area (Å²) >= 11 is 0. The molecule has 1 aromatic carbocycles. The fourth-order valence-corrected chi connectivity index (χ4v) is 5.81. The Labute approximate surface area is 267 Å². The Morgan fingerprint density at radius 1 is 1.04 bits per heavy atom. The highest BCUT2D eigenvalue weighted by Crippen LogP contribution is 2.25. The Morgan fingerprint density at radius 2 is 1.82 bits per heavy atom. The van der Waals surface area contributed by atoms with Crippen molar-refractivity contribution in [3.63, 3.8) is 0 Å². The van der Waals surface area contributed by atoms with E-state index in [-0.39, 0.29) is 12.2 Å². The van der Waals surface area contributed by atoms with Gasteiger partial charge in [-0.1, -0.05) is 44.9 Å². The molecular weight excluding hydrogens is 570 g/mol. The number of aryl methyl sites for hydroxylation is 1. The van der Waals surface area contributed by atoms with Crippen molar-refractivity contribution in [1.29, 1.82) is 0 Å².